The molecule has 12 aromatic carbocycles. The summed E-state index contributed by atoms with van der Waals surface area (Å²) in [5, 5.41) is 311. The fourth-order valence-electron chi connectivity index (χ4n) is 10.6. The lowest BCUT2D eigenvalue weighted by molar-refractivity contribution is 0.362. The van der Waals surface area contributed by atoms with Crippen molar-refractivity contribution in [2.24, 2.45) is 0 Å². The Bertz CT molecular complexity index is 5280. The van der Waals surface area contributed by atoms with Crippen LogP contribution >= 0.6 is 0 Å². The van der Waals surface area contributed by atoms with Crippen LogP contribution in [0.1, 0.15) is 72.3 Å². The minimum atomic E-state index is -0.671. The van der Waals surface area contributed by atoms with E-state index in [4.69, 9.17) is 5.11 Å². The van der Waals surface area contributed by atoms with Crippen LogP contribution in [0.2, 0.25) is 0 Å². The van der Waals surface area contributed by atoms with E-state index < -0.39 is 97.7 Å². The zero-order valence-electron chi connectivity index (χ0n) is 58.0. The Morgan fingerprint density at radius 3 is 0.750 bits per heavy atom. The zero-order valence-corrected chi connectivity index (χ0v) is 58.0. The quantitative estimate of drug-likeness (QED) is 0.0505. The van der Waals surface area contributed by atoms with E-state index in [1.54, 1.807) is 13.0 Å². The standard InChI is InChI=1S/C14H14O5.3C13H12O6.2C13H12O5/c1-7-9(5-12(17)14(19)13(7)18)4-8-2-3-10(15)6-11(8)16;14-8-3-1-6(10(16)12(8)18)5-7-2-4-9(15)13(19)11(7)17;14-8-2-1-7(11(17)13(8)19)3-6-4-9(15)12(18)10(16)5-6;14-7-4-10(16)8(11(17)5-7)3-6-1-2-9(15)13(19)12(6)18;14-8-1-7(2-9(15)4-8)3-11-12(17)5-10(16)6-13(11)18;14-8-2-1-7(11(16)4-8)3-10-12(17)5-9(15)6-13(10)18/h2-3,5-6,15-19H,4H2,1H3;1-4,14-19H,5H2;2*1-2,4-5,14-19H,3H2;2*1-2,4-6,14-18H,3H2. The third kappa shape index (κ3) is 20.8. The van der Waals surface area contributed by atoms with E-state index in [1.807, 2.05) is 0 Å². The molecule has 112 heavy (non-hydrogen) atoms. The van der Waals surface area contributed by atoms with Crippen molar-refractivity contribution in [3.8, 4) is 190 Å². The van der Waals surface area contributed by atoms with Gasteiger partial charge in [-0.2, -0.15) is 0 Å². The van der Waals surface area contributed by atoms with Crippen LogP contribution in [0.4, 0.5) is 0 Å². The van der Waals surface area contributed by atoms with Crippen molar-refractivity contribution in [2.75, 3.05) is 0 Å². The van der Waals surface area contributed by atoms with Crippen LogP contribution < -0.4 is 0 Å². The molecule has 0 atom stereocenters. The summed E-state index contributed by atoms with van der Waals surface area (Å²) in [4.78, 5) is 0. The second-order valence-electron chi connectivity index (χ2n) is 24.6. The third-order valence-electron chi connectivity index (χ3n) is 16.5. The molecule has 0 spiro atoms. The highest BCUT2D eigenvalue weighted by atomic mass is 16.4. The van der Waals surface area contributed by atoms with Gasteiger partial charge in [-0.15, -0.1) is 0 Å². The smallest absolute Gasteiger partial charge is 0.200 e. The van der Waals surface area contributed by atoms with Crippen molar-refractivity contribution in [3.05, 3.63) is 230 Å². The van der Waals surface area contributed by atoms with E-state index in [0.29, 0.717) is 38.9 Å². The molecular formula is C79H74O33. The maximum absolute atomic E-state index is 9.70. The predicted molar refractivity (Wildman–Crippen MR) is 394 cm³/mol. The van der Waals surface area contributed by atoms with Crippen molar-refractivity contribution < 1.29 is 169 Å². The minimum absolute atomic E-state index is 0.000648. The lowest BCUT2D eigenvalue weighted by Crippen LogP contribution is -1.93. The Morgan fingerprint density at radius 2 is 0.402 bits per heavy atom. The second kappa shape index (κ2) is 35.4. The van der Waals surface area contributed by atoms with Gasteiger partial charge in [0, 0.05) is 132 Å². The molecule has 0 aliphatic carbocycles. The van der Waals surface area contributed by atoms with Gasteiger partial charge in [-0.3, -0.25) is 0 Å². The Morgan fingerprint density at radius 1 is 0.152 bits per heavy atom. The average Bonchev–Trinajstić information content (AvgIpc) is 0.836. The van der Waals surface area contributed by atoms with E-state index in [-0.39, 0.29) is 164 Å². The van der Waals surface area contributed by atoms with Crippen LogP contribution in [-0.4, -0.2) is 169 Å². The molecule has 33 nitrogen and oxygen atoms in total. The normalized spacial score (nSPS) is 10.5. The molecule has 0 saturated heterocycles. The van der Waals surface area contributed by atoms with Gasteiger partial charge in [0.2, 0.25) is 28.7 Å². The Hall–Kier alpha value is -16.0. The molecule has 12 rings (SSSR count). The van der Waals surface area contributed by atoms with Gasteiger partial charge in [0.1, 0.15) is 86.2 Å². The number of hydrogen-bond acceptors (Lipinski definition) is 33. The van der Waals surface area contributed by atoms with Crippen molar-refractivity contribution in [1.82, 2.24) is 0 Å². The van der Waals surface area contributed by atoms with Crippen molar-refractivity contribution >= 4 is 0 Å². The van der Waals surface area contributed by atoms with Gasteiger partial charge in [-0.05, 0) is 107 Å². The molecule has 33 heteroatoms. The molecular weight excluding hydrogens is 1480 g/mol. The molecule has 33 N–H and O–H groups in total. The number of aromatic hydroxyl groups is 33. The van der Waals surface area contributed by atoms with Crippen LogP contribution in [0.5, 0.6) is 190 Å². The van der Waals surface area contributed by atoms with Gasteiger partial charge in [-0.1, -0.05) is 36.4 Å². The van der Waals surface area contributed by atoms with E-state index in [9.17, 15) is 163 Å². The van der Waals surface area contributed by atoms with Crippen LogP contribution in [0.15, 0.2) is 158 Å². The van der Waals surface area contributed by atoms with Crippen LogP contribution in [0.25, 0.3) is 0 Å². The monoisotopic (exact) mass is 1550 g/mol. The molecule has 0 amide bonds. The summed E-state index contributed by atoms with van der Waals surface area (Å²) in [5.74, 6) is -12.5. The summed E-state index contributed by atoms with van der Waals surface area (Å²) < 4.78 is 0. The Kier molecular flexibility index (Phi) is 26.3. The zero-order chi connectivity index (χ0) is 83.2. The molecule has 0 saturated carbocycles. The van der Waals surface area contributed by atoms with E-state index in [2.05, 4.69) is 0 Å². The van der Waals surface area contributed by atoms with E-state index in [1.165, 1.54) is 115 Å². The summed E-state index contributed by atoms with van der Waals surface area (Å²) in [6.45, 7) is 1.60. The summed E-state index contributed by atoms with van der Waals surface area (Å²) in [6.07, 6.45) is 0.432. The van der Waals surface area contributed by atoms with Crippen LogP contribution in [0.3, 0.4) is 0 Å². The molecule has 12 aromatic rings. The summed E-state index contributed by atoms with van der Waals surface area (Å²) >= 11 is 0. The van der Waals surface area contributed by atoms with Crippen molar-refractivity contribution in [2.45, 2.75) is 45.4 Å². The molecule has 0 aliphatic heterocycles. The van der Waals surface area contributed by atoms with Gasteiger partial charge in [0.25, 0.3) is 0 Å². The lowest BCUT2D eigenvalue weighted by atomic mass is 9.98. The molecule has 588 valence electrons. The van der Waals surface area contributed by atoms with Crippen molar-refractivity contribution in [1.29, 1.82) is 0 Å². The maximum atomic E-state index is 9.70. The lowest BCUT2D eigenvalue weighted by Gasteiger charge is -2.12. The summed E-state index contributed by atoms with van der Waals surface area (Å²) in [5.41, 5.74) is 4.34. The second-order valence-corrected chi connectivity index (χ2v) is 24.6. The van der Waals surface area contributed by atoms with Gasteiger partial charge in [0.15, 0.2) is 74.7 Å². The number of phenolic OH excluding ortho intramolecular Hbond substituents is 33. The third-order valence-corrected chi connectivity index (χ3v) is 16.5. The van der Waals surface area contributed by atoms with Crippen LogP contribution in [0, 0.1) is 6.92 Å². The topological polar surface area (TPSA) is 668 Å². The first kappa shape index (κ1) is 83.3. The largest absolute Gasteiger partial charge is 0.508 e. The highest BCUT2D eigenvalue weighted by Crippen LogP contribution is 2.47. The summed E-state index contributed by atoms with van der Waals surface area (Å²) in [6, 6.07) is 32.8. The van der Waals surface area contributed by atoms with Crippen molar-refractivity contribution in [3.63, 3.8) is 0 Å². The van der Waals surface area contributed by atoms with E-state index >= 15 is 0 Å². The molecule has 0 heterocycles. The van der Waals surface area contributed by atoms with E-state index in [0.717, 1.165) is 36.4 Å². The van der Waals surface area contributed by atoms with Gasteiger partial charge in [-0.25, -0.2) is 0 Å². The molecule has 0 radical (unpaired) electrons. The Labute approximate surface area is 631 Å². The highest BCUT2D eigenvalue weighted by Gasteiger charge is 2.22. The van der Waals surface area contributed by atoms with Gasteiger partial charge >= 0.3 is 0 Å². The summed E-state index contributed by atoms with van der Waals surface area (Å²) in [7, 11) is 0. The molecule has 0 aromatic heterocycles. The molecule has 0 bridgehead atoms. The fraction of sp³-hybridized carbons (Fsp3) is 0.0886. The van der Waals surface area contributed by atoms with Crippen LogP contribution in [-0.2, 0) is 38.5 Å². The molecule has 0 aliphatic rings. The minimum Gasteiger partial charge on any atom is -0.508 e. The SMILES string of the molecule is Cc1c(Cc2ccc(O)cc2O)cc(O)c(O)c1O.Oc1cc(Cc2ccc(O)c(O)c2O)cc(O)c1O.Oc1cc(O)c(Cc2ccc(O)c(O)c2O)c(O)c1.Oc1cc(O)cc(Cc2c(O)cc(O)cc2O)c1.Oc1ccc(Cc2c(O)cc(O)cc2O)c(O)c1.Oc1ccc(Cc2ccc(O)c(O)c2O)c(O)c1O. The highest BCUT2D eigenvalue weighted by molar-refractivity contribution is 5.63. The first-order valence-electron chi connectivity index (χ1n) is 32.2. The fourth-order valence-corrected chi connectivity index (χ4v) is 10.6. The Balaban J connectivity index is 0.000000187. The first-order chi connectivity index (χ1) is 52.5. The number of phenols is 33. The maximum Gasteiger partial charge on any atom is 0.200 e. The number of hydrogen-bond donors (Lipinski definition) is 33. The number of benzene rings is 12. The van der Waals surface area contributed by atoms with Gasteiger partial charge < -0.3 is 169 Å². The average molecular weight is 1550 g/mol. The molecule has 0 fully saturated rings. The first-order valence-corrected chi connectivity index (χ1v) is 32.2. The number of rotatable bonds is 12. The predicted octanol–water partition coefficient (Wildman–Crippen LogP) is 10.3. The van der Waals surface area contributed by atoms with Gasteiger partial charge in [0.05, 0.1) is 0 Å². The molecule has 0 unspecified atom stereocenters.